The molecule has 0 atom stereocenters. The number of rotatable bonds is 1. The van der Waals surface area contributed by atoms with Crippen LogP contribution >= 0.6 is 39.1 Å². The minimum atomic E-state index is -0.560. The lowest BCUT2D eigenvalue weighted by molar-refractivity contribution is 0.942. The Morgan fingerprint density at radius 2 is 1.76 bits per heavy atom. The predicted octanol–water partition coefficient (Wildman–Crippen LogP) is 3.75. The van der Waals surface area contributed by atoms with Gasteiger partial charge in [0.25, 0.3) is 5.56 Å². The number of nitrogens with one attached hydrogen (secondary N) is 1. The molecule has 4 nitrogen and oxygen atoms in total. The van der Waals surface area contributed by atoms with E-state index in [0.29, 0.717) is 31.1 Å². The third-order valence-electron chi connectivity index (χ3n) is 3.04. The summed E-state index contributed by atoms with van der Waals surface area (Å²) in [4.78, 5) is 26.4. The van der Waals surface area contributed by atoms with Gasteiger partial charge in [0.1, 0.15) is 0 Å². The summed E-state index contributed by atoms with van der Waals surface area (Å²) in [6.07, 6.45) is 0. The van der Waals surface area contributed by atoms with Crippen molar-refractivity contribution in [3.63, 3.8) is 0 Å². The molecule has 21 heavy (non-hydrogen) atoms. The summed E-state index contributed by atoms with van der Waals surface area (Å²) in [5, 5.41) is 1.10. The van der Waals surface area contributed by atoms with Crippen molar-refractivity contribution in [2.75, 3.05) is 0 Å². The number of aromatic nitrogens is 2. The SMILES string of the molecule is O=c1[nH]c(=O)n(-c2ccccc2Cl)c2cc(Br)c(Cl)cc12. The molecule has 1 N–H and O–H groups in total. The van der Waals surface area contributed by atoms with E-state index in [-0.39, 0.29) is 0 Å². The van der Waals surface area contributed by atoms with Crippen molar-refractivity contribution < 1.29 is 0 Å². The molecule has 1 heterocycles. The lowest BCUT2D eigenvalue weighted by Crippen LogP contribution is -2.29. The minimum Gasteiger partial charge on any atom is -0.273 e. The smallest absolute Gasteiger partial charge is 0.273 e. The van der Waals surface area contributed by atoms with E-state index >= 15 is 0 Å². The fourth-order valence-electron chi connectivity index (χ4n) is 2.11. The van der Waals surface area contributed by atoms with Crippen LogP contribution in [0.2, 0.25) is 10.0 Å². The van der Waals surface area contributed by atoms with Gasteiger partial charge >= 0.3 is 5.69 Å². The number of aromatic amines is 1. The maximum Gasteiger partial charge on any atom is 0.333 e. The normalized spacial score (nSPS) is 11.0. The highest BCUT2D eigenvalue weighted by Crippen LogP contribution is 2.28. The molecule has 0 aliphatic rings. The Balaban J connectivity index is 2.54. The number of fused-ring (bicyclic) bond motifs is 1. The van der Waals surface area contributed by atoms with Gasteiger partial charge in [0.15, 0.2) is 0 Å². The van der Waals surface area contributed by atoms with Crippen LogP contribution in [0, 0.1) is 0 Å². The number of halogens is 3. The van der Waals surface area contributed by atoms with E-state index < -0.39 is 11.2 Å². The molecule has 0 fully saturated rings. The molecule has 0 bridgehead atoms. The molecule has 2 aromatic carbocycles. The number of hydrogen-bond acceptors (Lipinski definition) is 2. The number of nitrogens with zero attached hydrogens (tertiary/aromatic N) is 1. The van der Waals surface area contributed by atoms with E-state index in [1.54, 1.807) is 30.3 Å². The molecular formula is C14H7BrCl2N2O2. The van der Waals surface area contributed by atoms with E-state index in [4.69, 9.17) is 23.2 Å². The Bertz CT molecular complexity index is 979. The van der Waals surface area contributed by atoms with Crippen LogP contribution < -0.4 is 11.2 Å². The fraction of sp³-hybridized carbons (Fsp3) is 0. The van der Waals surface area contributed by atoms with E-state index in [2.05, 4.69) is 20.9 Å². The van der Waals surface area contributed by atoms with Crippen LogP contribution in [0.5, 0.6) is 0 Å². The summed E-state index contributed by atoms with van der Waals surface area (Å²) in [7, 11) is 0. The molecule has 0 saturated carbocycles. The molecule has 7 heteroatoms. The third kappa shape index (κ3) is 2.41. The quantitative estimate of drug-likeness (QED) is 0.693. The molecule has 0 amide bonds. The number of para-hydroxylation sites is 1. The number of H-pyrrole nitrogens is 1. The Morgan fingerprint density at radius 3 is 2.48 bits per heavy atom. The lowest BCUT2D eigenvalue weighted by atomic mass is 10.2. The first-order chi connectivity index (χ1) is 9.99. The average molecular weight is 386 g/mol. The van der Waals surface area contributed by atoms with Crippen LogP contribution in [0.3, 0.4) is 0 Å². The Hall–Kier alpha value is -1.56. The van der Waals surface area contributed by atoms with Crippen LogP contribution in [0.25, 0.3) is 16.6 Å². The predicted molar refractivity (Wildman–Crippen MR) is 87.9 cm³/mol. The van der Waals surface area contributed by atoms with E-state index in [9.17, 15) is 9.59 Å². The molecule has 0 unspecified atom stereocenters. The molecule has 3 rings (SSSR count). The molecule has 0 aliphatic carbocycles. The van der Waals surface area contributed by atoms with Gasteiger partial charge in [-0.25, -0.2) is 4.79 Å². The first-order valence-electron chi connectivity index (χ1n) is 5.88. The molecule has 0 saturated heterocycles. The summed E-state index contributed by atoms with van der Waals surface area (Å²) >= 11 is 15.5. The van der Waals surface area contributed by atoms with Crippen LogP contribution in [-0.4, -0.2) is 9.55 Å². The first kappa shape index (κ1) is 14.4. The average Bonchev–Trinajstić information content (AvgIpc) is 2.43. The zero-order chi connectivity index (χ0) is 15.1. The van der Waals surface area contributed by atoms with Crippen molar-refractivity contribution in [1.82, 2.24) is 9.55 Å². The Morgan fingerprint density at radius 1 is 1.05 bits per heavy atom. The van der Waals surface area contributed by atoms with Crippen molar-refractivity contribution in [2.24, 2.45) is 0 Å². The van der Waals surface area contributed by atoms with E-state index in [0.717, 1.165) is 0 Å². The maximum absolute atomic E-state index is 12.2. The summed E-state index contributed by atoms with van der Waals surface area (Å²) < 4.78 is 1.93. The molecule has 0 aliphatic heterocycles. The zero-order valence-corrected chi connectivity index (χ0v) is 13.5. The molecule has 106 valence electrons. The van der Waals surface area contributed by atoms with Gasteiger partial charge < -0.3 is 0 Å². The summed E-state index contributed by atoms with van der Waals surface area (Å²) in [5.41, 5.74) is -0.143. The largest absolute Gasteiger partial charge is 0.333 e. The lowest BCUT2D eigenvalue weighted by Gasteiger charge is -2.11. The van der Waals surface area contributed by atoms with Crippen LogP contribution in [0.1, 0.15) is 0 Å². The monoisotopic (exact) mass is 384 g/mol. The summed E-state index contributed by atoms with van der Waals surface area (Å²) in [5.74, 6) is 0. The number of benzene rings is 2. The molecule has 0 spiro atoms. The first-order valence-corrected chi connectivity index (χ1v) is 7.43. The summed E-state index contributed by atoms with van der Waals surface area (Å²) in [6.45, 7) is 0. The van der Waals surface area contributed by atoms with E-state index in [1.165, 1.54) is 10.6 Å². The van der Waals surface area contributed by atoms with Gasteiger partial charge in [0.05, 0.1) is 26.6 Å². The number of hydrogen-bond donors (Lipinski definition) is 1. The van der Waals surface area contributed by atoms with Gasteiger partial charge in [-0.15, -0.1) is 0 Å². The third-order valence-corrected chi connectivity index (χ3v) is 4.56. The van der Waals surface area contributed by atoms with Crippen LogP contribution in [-0.2, 0) is 0 Å². The van der Waals surface area contributed by atoms with Crippen molar-refractivity contribution in [3.05, 3.63) is 71.8 Å². The maximum atomic E-state index is 12.2. The van der Waals surface area contributed by atoms with Crippen molar-refractivity contribution in [3.8, 4) is 5.69 Å². The van der Waals surface area contributed by atoms with Gasteiger partial charge in [0, 0.05) is 4.47 Å². The van der Waals surface area contributed by atoms with Crippen molar-refractivity contribution in [2.45, 2.75) is 0 Å². The topological polar surface area (TPSA) is 54.9 Å². The Labute approximate surface area is 137 Å². The van der Waals surface area contributed by atoms with Crippen LogP contribution in [0.4, 0.5) is 0 Å². The molecule has 3 aromatic rings. The van der Waals surface area contributed by atoms with Gasteiger partial charge in [-0.1, -0.05) is 35.3 Å². The molecule has 0 radical (unpaired) electrons. The summed E-state index contributed by atoms with van der Waals surface area (Å²) in [6, 6.07) is 10.0. The zero-order valence-electron chi connectivity index (χ0n) is 10.4. The highest BCUT2D eigenvalue weighted by molar-refractivity contribution is 9.10. The highest BCUT2D eigenvalue weighted by Gasteiger charge is 2.13. The second-order valence-electron chi connectivity index (χ2n) is 4.33. The minimum absolute atomic E-state index is 0.308. The second kappa shape index (κ2) is 5.33. The second-order valence-corrected chi connectivity index (χ2v) is 6.00. The standard InChI is InChI=1S/C14H7BrCl2N2O2/c15-8-6-12-7(5-10(8)17)13(20)18-14(21)19(12)11-4-2-1-3-9(11)16/h1-6H,(H,18,20,21). The molecule has 1 aromatic heterocycles. The van der Waals surface area contributed by atoms with E-state index in [1.807, 2.05) is 0 Å². The van der Waals surface area contributed by atoms with Gasteiger partial charge in [0.2, 0.25) is 0 Å². The van der Waals surface area contributed by atoms with Gasteiger partial charge in [-0.2, -0.15) is 0 Å². The van der Waals surface area contributed by atoms with Crippen molar-refractivity contribution >= 4 is 50.0 Å². The molecular weight excluding hydrogens is 379 g/mol. The van der Waals surface area contributed by atoms with Crippen molar-refractivity contribution in [1.29, 1.82) is 0 Å². The highest BCUT2D eigenvalue weighted by atomic mass is 79.9. The Kier molecular flexibility index (Phi) is 3.65. The fourth-order valence-corrected chi connectivity index (χ4v) is 2.82. The van der Waals surface area contributed by atoms with Gasteiger partial charge in [-0.05, 0) is 40.2 Å². The van der Waals surface area contributed by atoms with Gasteiger partial charge in [-0.3, -0.25) is 14.3 Å². The van der Waals surface area contributed by atoms with Crippen LogP contribution in [0.15, 0.2) is 50.5 Å².